The van der Waals surface area contributed by atoms with Crippen molar-refractivity contribution in [2.75, 3.05) is 6.67 Å². The van der Waals surface area contributed by atoms with Crippen LogP contribution in [0.3, 0.4) is 0 Å². The van der Waals surface area contributed by atoms with Crippen molar-refractivity contribution in [3.8, 4) is 0 Å². The Labute approximate surface area is 116 Å². The fraction of sp³-hybridized carbons (Fsp3) is 0.917. The van der Waals surface area contributed by atoms with E-state index in [4.69, 9.17) is 11.6 Å². The smallest absolute Gasteiger partial charge is 0.340 e. The lowest BCUT2D eigenvalue weighted by Gasteiger charge is -2.37. The van der Waals surface area contributed by atoms with E-state index in [0.29, 0.717) is 25.6 Å². The number of hydrazone groups is 1. The van der Waals surface area contributed by atoms with Crippen LogP contribution in [0.4, 0.5) is 13.2 Å². The van der Waals surface area contributed by atoms with Crippen LogP contribution in [0.1, 0.15) is 33.1 Å². The third kappa shape index (κ3) is 3.27. The monoisotopic (exact) mass is 297 g/mol. The lowest BCUT2D eigenvalue weighted by molar-refractivity contribution is -0.183. The zero-order chi connectivity index (χ0) is 14.2. The normalized spacial score (nSPS) is 32.5. The molecule has 0 aromatic carbocycles. The highest BCUT2D eigenvalue weighted by molar-refractivity contribution is 6.20. The topological polar surface area (TPSA) is 18.8 Å². The average Bonchev–Trinajstić information content (AvgIpc) is 2.76. The molecule has 0 bridgehead atoms. The molecule has 0 amide bonds. The van der Waals surface area contributed by atoms with Crippen molar-refractivity contribution in [2.45, 2.75) is 56.7 Å². The van der Waals surface area contributed by atoms with Crippen molar-refractivity contribution in [3.63, 3.8) is 0 Å². The van der Waals surface area contributed by atoms with Crippen LogP contribution >= 0.6 is 11.6 Å². The number of rotatable bonds is 2. The average molecular weight is 298 g/mol. The molecule has 110 valence electrons. The molecular weight excluding hydrogens is 279 g/mol. The van der Waals surface area contributed by atoms with Gasteiger partial charge in [0, 0.05) is 11.4 Å². The molecule has 0 aromatic heterocycles. The highest BCUT2D eigenvalue weighted by Gasteiger charge is 2.47. The first-order valence-electron chi connectivity index (χ1n) is 6.56. The molecule has 1 aliphatic carbocycles. The van der Waals surface area contributed by atoms with E-state index in [0.717, 1.165) is 0 Å². The first kappa shape index (κ1) is 14.8. The molecule has 1 aliphatic heterocycles. The Morgan fingerprint density at radius 2 is 2.00 bits per heavy atom. The van der Waals surface area contributed by atoms with Gasteiger partial charge in [-0.2, -0.15) is 18.3 Å². The van der Waals surface area contributed by atoms with Gasteiger partial charge in [-0.3, -0.25) is 5.01 Å². The second-order valence-corrected chi connectivity index (χ2v) is 6.11. The van der Waals surface area contributed by atoms with E-state index in [1.807, 2.05) is 5.01 Å². The Morgan fingerprint density at radius 3 is 2.47 bits per heavy atom. The van der Waals surface area contributed by atoms with E-state index >= 15 is 0 Å². The molecule has 0 spiro atoms. The Kier molecular flexibility index (Phi) is 4.18. The minimum absolute atomic E-state index is 0.0149. The third-order valence-electron chi connectivity index (χ3n) is 3.91. The highest BCUT2D eigenvalue weighted by Crippen LogP contribution is 2.41. The van der Waals surface area contributed by atoms with E-state index in [1.165, 1.54) is 0 Å². The van der Waals surface area contributed by atoms with Crippen LogP contribution in [-0.4, -0.2) is 46.6 Å². The summed E-state index contributed by atoms with van der Waals surface area (Å²) in [6, 6.07) is 0.355. The van der Waals surface area contributed by atoms with Crippen LogP contribution in [0.15, 0.2) is 5.10 Å². The summed E-state index contributed by atoms with van der Waals surface area (Å²) in [6.45, 7) is 4.75. The van der Waals surface area contributed by atoms with Gasteiger partial charge in [0.05, 0.1) is 12.0 Å². The zero-order valence-electron chi connectivity index (χ0n) is 11.1. The van der Waals surface area contributed by atoms with Gasteiger partial charge in [0.25, 0.3) is 0 Å². The van der Waals surface area contributed by atoms with Gasteiger partial charge in [-0.25, -0.2) is 0 Å². The first-order chi connectivity index (χ1) is 8.79. The number of halogens is 4. The highest BCUT2D eigenvalue weighted by atomic mass is 35.5. The molecule has 3 atom stereocenters. The molecule has 1 saturated carbocycles. The summed E-state index contributed by atoms with van der Waals surface area (Å²) in [7, 11) is 0. The molecule has 2 aliphatic rings. The number of alkyl halides is 4. The Morgan fingerprint density at radius 1 is 1.32 bits per heavy atom. The SMILES string of the molecule is CC(C)N1C=NN(C2CCC(C(F)(F)F)C(Cl)C2)C1. The summed E-state index contributed by atoms with van der Waals surface area (Å²) in [5, 5.41) is 5.30. The predicted octanol–water partition coefficient (Wildman–Crippen LogP) is 3.25. The maximum Gasteiger partial charge on any atom is 0.393 e. The van der Waals surface area contributed by atoms with Crippen molar-refractivity contribution >= 4 is 17.9 Å². The summed E-state index contributed by atoms with van der Waals surface area (Å²) in [6.07, 6.45) is -1.50. The summed E-state index contributed by atoms with van der Waals surface area (Å²) in [5.74, 6) is -1.38. The molecular formula is C12H19ClF3N3. The van der Waals surface area contributed by atoms with Crippen LogP contribution in [0.25, 0.3) is 0 Å². The zero-order valence-corrected chi connectivity index (χ0v) is 11.8. The Balaban J connectivity index is 1.91. The maximum absolute atomic E-state index is 12.7. The standard InChI is InChI=1S/C12H19ClF3N3/c1-8(2)18-6-17-19(7-18)9-3-4-10(11(13)5-9)12(14,15)16/h6,8-11H,3-5,7H2,1-2H3. The van der Waals surface area contributed by atoms with Gasteiger partial charge in [0.1, 0.15) is 13.0 Å². The van der Waals surface area contributed by atoms with Crippen molar-refractivity contribution < 1.29 is 13.2 Å². The van der Waals surface area contributed by atoms with Crippen molar-refractivity contribution in [1.82, 2.24) is 9.91 Å². The molecule has 1 fully saturated rings. The third-order valence-corrected chi connectivity index (χ3v) is 4.39. The quantitative estimate of drug-likeness (QED) is 0.729. The Hall–Kier alpha value is -0.650. The Bertz CT molecular complexity index is 346. The van der Waals surface area contributed by atoms with Gasteiger partial charge < -0.3 is 4.90 Å². The second kappa shape index (κ2) is 5.38. The van der Waals surface area contributed by atoms with Crippen LogP contribution in [0.5, 0.6) is 0 Å². The summed E-state index contributed by atoms with van der Waals surface area (Å²) in [4.78, 5) is 2.05. The molecule has 0 saturated heterocycles. The van der Waals surface area contributed by atoms with E-state index in [9.17, 15) is 13.2 Å². The van der Waals surface area contributed by atoms with E-state index in [1.54, 1.807) is 6.34 Å². The summed E-state index contributed by atoms with van der Waals surface area (Å²) < 4.78 is 38.2. The first-order valence-corrected chi connectivity index (χ1v) is 7.00. The van der Waals surface area contributed by atoms with Gasteiger partial charge in [-0.05, 0) is 33.1 Å². The molecule has 7 heteroatoms. The van der Waals surface area contributed by atoms with E-state index in [-0.39, 0.29) is 12.5 Å². The fourth-order valence-corrected chi connectivity index (χ4v) is 3.09. The van der Waals surface area contributed by atoms with Crippen LogP contribution in [0.2, 0.25) is 0 Å². The van der Waals surface area contributed by atoms with Gasteiger partial charge in [-0.15, -0.1) is 11.6 Å². The van der Waals surface area contributed by atoms with Crippen molar-refractivity contribution in [3.05, 3.63) is 0 Å². The van der Waals surface area contributed by atoms with Crippen molar-refractivity contribution in [1.29, 1.82) is 0 Å². The molecule has 3 nitrogen and oxygen atoms in total. The van der Waals surface area contributed by atoms with Crippen LogP contribution < -0.4 is 0 Å². The second-order valence-electron chi connectivity index (χ2n) is 5.55. The largest absolute Gasteiger partial charge is 0.393 e. The summed E-state index contributed by atoms with van der Waals surface area (Å²) >= 11 is 5.93. The summed E-state index contributed by atoms with van der Waals surface area (Å²) in [5.41, 5.74) is 0. The van der Waals surface area contributed by atoms with Crippen LogP contribution in [-0.2, 0) is 0 Å². The molecule has 3 unspecified atom stereocenters. The molecule has 0 radical (unpaired) electrons. The molecule has 19 heavy (non-hydrogen) atoms. The minimum atomic E-state index is -4.18. The van der Waals surface area contributed by atoms with Crippen molar-refractivity contribution in [2.24, 2.45) is 11.0 Å². The molecule has 2 rings (SSSR count). The van der Waals surface area contributed by atoms with E-state index < -0.39 is 17.5 Å². The predicted molar refractivity (Wildman–Crippen MR) is 69.0 cm³/mol. The van der Waals surface area contributed by atoms with Gasteiger partial charge in [0.15, 0.2) is 0 Å². The lowest BCUT2D eigenvalue weighted by atomic mass is 9.85. The van der Waals surface area contributed by atoms with Gasteiger partial charge >= 0.3 is 6.18 Å². The number of hydrogen-bond acceptors (Lipinski definition) is 3. The number of hydrogen-bond donors (Lipinski definition) is 0. The molecule has 1 heterocycles. The van der Waals surface area contributed by atoms with Gasteiger partial charge in [0.2, 0.25) is 0 Å². The van der Waals surface area contributed by atoms with Gasteiger partial charge in [-0.1, -0.05) is 0 Å². The minimum Gasteiger partial charge on any atom is -0.340 e. The lowest BCUT2D eigenvalue weighted by Crippen LogP contribution is -2.44. The fourth-order valence-electron chi connectivity index (χ4n) is 2.61. The van der Waals surface area contributed by atoms with E-state index in [2.05, 4.69) is 23.8 Å². The maximum atomic E-state index is 12.7. The molecule has 0 N–H and O–H groups in total. The molecule has 0 aromatic rings. The number of nitrogens with zero attached hydrogens (tertiary/aromatic N) is 3. The van der Waals surface area contributed by atoms with Crippen LogP contribution in [0, 0.1) is 5.92 Å².